The van der Waals surface area contributed by atoms with Crippen molar-refractivity contribution in [3.63, 3.8) is 0 Å². The molecule has 3 fully saturated rings. The highest BCUT2D eigenvalue weighted by atomic mass is 32.2. The third-order valence-corrected chi connectivity index (χ3v) is 11.6. The van der Waals surface area contributed by atoms with Crippen LogP contribution < -0.4 is 4.90 Å². The topological polar surface area (TPSA) is 87.1 Å². The molecule has 0 aliphatic carbocycles. The number of benzene rings is 1. The van der Waals surface area contributed by atoms with Crippen LogP contribution in [-0.2, 0) is 19.1 Å². The Morgan fingerprint density at radius 3 is 2.63 bits per heavy atom. The SMILES string of the molecule is C=CCCCOC(=O)[C@@H]1[C@H]2C(=O)N([C@@H](CO)[C@@H](C)CC)C(C(=O)N(CC=C)c3cc(C)ccc3C)C23CC[C@@]1(C)S3. The normalized spacial score (nSPS) is 29.7. The van der Waals surface area contributed by atoms with E-state index in [0.29, 0.717) is 19.3 Å². The predicted octanol–water partition coefficient (Wildman–Crippen LogP) is 5.22. The summed E-state index contributed by atoms with van der Waals surface area (Å²) in [5, 5.41) is 10.6. The van der Waals surface area contributed by atoms with Gasteiger partial charge in [0.25, 0.3) is 5.91 Å². The fourth-order valence-electron chi connectivity index (χ4n) is 7.26. The Morgan fingerprint density at radius 2 is 2.00 bits per heavy atom. The van der Waals surface area contributed by atoms with E-state index in [1.54, 1.807) is 33.7 Å². The molecule has 4 rings (SSSR count). The molecule has 3 saturated heterocycles. The van der Waals surface area contributed by atoms with E-state index in [2.05, 4.69) is 13.2 Å². The summed E-state index contributed by atoms with van der Waals surface area (Å²) >= 11 is 1.63. The Hall–Kier alpha value is -2.58. The summed E-state index contributed by atoms with van der Waals surface area (Å²) in [4.78, 5) is 46.5. The van der Waals surface area contributed by atoms with Gasteiger partial charge in [-0.2, -0.15) is 0 Å². The van der Waals surface area contributed by atoms with Crippen LogP contribution in [0.1, 0.15) is 64.0 Å². The van der Waals surface area contributed by atoms with Crippen LogP contribution in [0.3, 0.4) is 0 Å². The quantitative estimate of drug-likeness (QED) is 0.195. The Labute approximate surface area is 249 Å². The van der Waals surface area contributed by atoms with Gasteiger partial charge in [-0.05, 0) is 69.6 Å². The number of rotatable bonds is 13. The maximum absolute atomic E-state index is 14.9. The summed E-state index contributed by atoms with van der Waals surface area (Å²) in [6, 6.07) is 4.65. The number of carbonyl (C=O) groups is 3. The monoisotopic (exact) mass is 582 g/mol. The first kappa shape index (κ1) is 31.4. The Morgan fingerprint density at radius 1 is 1.27 bits per heavy atom. The average molecular weight is 583 g/mol. The molecule has 2 amide bonds. The molecule has 2 unspecified atom stereocenters. The van der Waals surface area contributed by atoms with E-state index in [1.807, 2.05) is 52.8 Å². The number of aliphatic hydroxyl groups excluding tert-OH is 1. The van der Waals surface area contributed by atoms with Gasteiger partial charge in [-0.1, -0.05) is 44.6 Å². The van der Waals surface area contributed by atoms with E-state index in [-0.39, 0.29) is 43.5 Å². The minimum Gasteiger partial charge on any atom is -0.465 e. The molecule has 1 aromatic carbocycles. The van der Waals surface area contributed by atoms with Gasteiger partial charge in [0.2, 0.25) is 5.91 Å². The van der Waals surface area contributed by atoms with Crippen molar-refractivity contribution in [3.8, 4) is 0 Å². The largest absolute Gasteiger partial charge is 0.465 e. The lowest BCUT2D eigenvalue weighted by atomic mass is 9.66. The highest BCUT2D eigenvalue weighted by Gasteiger charge is 2.78. The fourth-order valence-corrected chi connectivity index (χ4v) is 9.58. The second-order valence-corrected chi connectivity index (χ2v) is 14.1. The number of allylic oxidation sites excluding steroid dienone is 1. The molecule has 1 N–H and O–H groups in total. The molecule has 0 aromatic heterocycles. The van der Waals surface area contributed by atoms with Crippen LogP contribution in [0.25, 0.3) is 0 Å². The number of aliphatic hydroxyl groups is 1. The maximum atomic E-state index is 14.9. The van der Waals surface area contributed by atoms with Gasteiger partial charge in [0.05, 0.1) is 35.8 Å². The fraction of sp³-hybridized carbons (Fsp3) is 0.606. The van der Waals surface area contributed by atoms with E-state index in [4.69, 9.17) is 4.74 Å². The van der Waals surface area contributed by atoms with E-state index >= 15 is 0 Å². The highest BCUT2D eigenvalue weighted by Crippen LogP contribution is 2.72. The number of ether oxygens (including phenoxy) is 1. The molecular formula is C33H46N2O5S. The van der Waals surface area contributed by atoms with Gasteiger partial charge in [0.15, 0.2) is 0 Å². The molecule has 1 spiro atoms. The van der Waals surface area contributed by atoms with Crippen LogP contribution in [-0.4, -0.2) is 69.1 Å². The highest BCUT2D eigenvalue weighted by molar-refractivity contribution is 8.02. The lowest BCUT2D eigenvalue weighted by molar-refractivity contribution is -0.156. The second-order valence-electron chi connectivity index (χ2n) is 12.2. The Bertz CT molecular complexity index is 1200. The first-order chi connectivity index (χ1) is 19.5. The van der Waals surface area contributed by atoms with Gasteiger partial charge in [-0.15, -0.1) is 24.9 Å². The zero-order valence-electron chi connectivity index (χ0n) is 25.2. The zero-order chi connectivity index (χ0) is 30.1. The Balaban J connectivity index is 1.83. The molecule has 1 aromatic rings. The van der Waals surface area contributed by atoms with Crippen LogP contribution in [0.2, 0.25) is 0 Å². The lowest BCUT2D eigenvalue weighted by Crippen LogP contribution is -2.58. The third-order valence-electron chi connectivity index (χ3n) is 9.58. The molecule has 2 bridgehead atoms. The van der Waals surface area contributed by atoms with Crippen LogP contribution in [0.15, 0.2) is 43.5 Å². The predicted molar refractivity (Wildman–Crippen MR) is 165 cm³/mol. The zero-order valence-corrected chi connectivity index (χ0v) is 26.0. The first-order valence-electron chi connectivity index (χ1n) is 14.9. The van der Waals surface area contributed by atoms with Crippen LogP contribution in [0, 0.1) is 31.6 Å². The number of nitrogens with zero attached hydrogens (tertiary/aromatic N) is 2. The molecule has 3 aliphatic rings. The number of unbranched alkanes of at least 4 members (excludes halogenated alkanes) is 1. The summed E-state index contributed by atoms with van der Waals surface area (Å²) in [7, 11) is 0. The van der Waals surface area contributed by atoms with Gasteiger partial charge in [0, 0.05) is 17.0 Å². The third kappa shape index (κ3) is 5.27. The second kappa shape index (κ2) is 12.3. The number of carbonyl (C=O) groups excluding carboxylic acids is 3. The van der Waals surface area contributed by atoms with Gasteiger partial charge < -0.3 is 19.6 Å². The van der Waals surface area contributed by atoms with Crippen molar-refractivity contribution in [2.45, 2.75) is 88.3 Å². The van der Waals surface area contributed by atoms with Gasteiger partial charge in [0.1, 0.15) is 6.04 Å². The number of hydrogen-bond donors (Lipinski definition) is 1. The summed E-state index contributed by atoms with van der Waals surface area (Å²) in [6.45, 7) is 18.0. The van der Waals surface area contributed by atoms with Crippen molar-refractivity contribution in [2.75, 3.05) is 24.7 Å². The molecule has 0 radical (unpaired) electrons. The van der Waals surface area contributed by atoms with Crippen molar-refractivity contribution in [1.29, 1.82) is 0 Å². The molecule has 8 heteroatoms. The number of esters is 1. The van der Waals surface area contributed by atoms with Crippen LogP contribution >= 0.6 is 11.8 Å². The smallest absolute Gasteiger partial charge is 0.311 e. The van der Waals surface area contributed by atoms with E-state index in [0.717, 1.165) is 29.7 Å². The molecule has 7 atom stereocenters. The molecule has 41 heavy (non-hydrogen) atoms. The van der Waals surface area contributed by atoms with Gasteiger partial charge in [-0.3, -0.25) is 14.4 Å². The van der Waals surface area contributed by atoms with Gasteiger partial charge >= 0.3 is 5.97 Å². The Kier molecular flexibility index (Phi) is 9.44. The van der Waals surface area contributed by atoms with Crippen molar-refractivity contribution >= 4 is 35.2 Å². The van der Waals surface area contributed by atoms with Crippen molar-refractivity contribution in [1.82, 2.24) is 4.90 Å². The average Bonchev–Trinajstić information content (AvgIpc) is 3.52. The number of likely N-dealkylation sites (tertiary alicyclic amines) is 1. The lowest BCUT2D eigenvalue weighted by Gasteiger charge is -2.41. The maximum Gasteiger partial charge on any atom is 0.311 e. The molecule has 3 heterocycles. The first-order valence-corrected chi connectivity index (χ1v) is 15.7. The standard InChI is InChI=1S/C33H46N2O5S/c1-8-11-12-18-40-31(39)27-26-29(37)35(25(20-36)22(5)10-3)28(33(26)16-15-32(27,7)41-33)30(38)34(17-9-2)24-19-21(4)13-14-23(24)6/h8-9,13-14,19,22,25-28,36H,1-2,10-12,15-18,20H2,3-7H3/t22-,25-,26-,27-,28?,32+,33?/m0/s1. The minimum atomic E-state index is -0.823. The summed E-state index contributed by atoms with van der Waals surface area (Å²) in [6.07, 6.45) is 7.01. The van der Waals surface area contributed by atoms with Gasteiger partial charge in [-0.25, -0.2) is 0 Å². The number of hydrogen-bond acceptors (Lipinski definition) is 6. The number of amides is 2. The van der Waals surface area contributed by atoms with Crippen LogP contribution in [0.4, 0.5) is 5.69 Å². The molecule has 7 nitrogen and oxygen atoms in total. The van der Waals surface area contributed by atoms with E-state index in [1.165, 1.54) is 0 Å². The molecular weight excluding hydrogens is 536 g/mol. The minimum absolute atomic E-state index is 0.0369. The number of anilines is 1. The summed E-state index contributed by atoms with van der Waals surface area (Å²) < 4.78 is 4.45. The van der Waals surface area contributed by atoms with Crippen molar-refractivity contribution in [3.05, 3.63) is 54.6 Å². The summed E-state index contributed by atoms with van der Waals surface area (Å²) in [5.41, 5.74) is 2.76. The molecule has 0 saturated carbocycles. The molecule has 224 valence electrons. The number of thioether (sulfide) groups is 1. The number of fused-ring (bicyclic) bond motifs is 1. The van der Waals surface area contributed by atoms with E-state index in [9.17, 15) is 19.5 Å². The van der Waals surface area contributed by atoms with Crippen LogP contribution in [0.5, 0.6) is 0 Å². The number of aryl methyl sites for hydroxylation is 2. The molecule has 3 aliphatic heterocycles. The van der Waals surface area contributed by atoms with Crippen molar-refractivity contribution in [2.24, 2.45) is 17.8 Å². The van der Waals surface area contributed by atoms with E-state index < -0.39 is 33.4 Å². The van der Waals surface area contributed by atoms with Crippen molar-refractivity contribution < 1.29 is 24.2 Å². The summed E-state index contributed by atoms with van der Waals surface area (Å²) in [5.74, 6) is -2.14.